The SMILES string of the molecule is Cc1cc(-c2c(C#N)c3ccc(OC4CCOCC4)cc3n2C2CCC2)ccc1NC(=O)OC(C)C. The molecule has 2 aromatic carbocycles. The molecule has 0 spiro atoms. The second-order valence-corrected chi connectivity index (χ2v) is 10.0. The van der Waals surface area contributed by atoms with Crippen LogP contribution < -0.4 is 10.1 Å². The van der Waals surface area contributed by atoms with Crippen molar-refractivity contribution in [1.29, 1.82) is 5.26 Å². The molecule has 2 heterocycles. The van der Waals surface area contributed by atoms with Gasteiger partial charge in [-0.2, -0.15) is 5.26 Å². The van der Waals surface area contributed by atoms with Crippen LogP contribution in [0.4, 0.5) is 10.5 Å². The molecule has 0 atom stereocenters. The summed E-state index contributed by atoms with van der Waals surface area (Å²) in [6, 6.07) is 14.8. The molecule has 2 fully saturated rings. The van der Waals surface area contributed by atoms with E-state index in [-0.39, 0.29) is 12.2 Å². The molecular formula is C29H33N3O4. The molecule has 1 amide bonds. The lowest BCUT2D eigenvalue weighted by Crippen LogP contribution is -2.25. The fourth-order valence-corrected chi connectivity index (χ4v) is 5.08. The Morgan fingerprint density at radius 3 is 2.56 bits per heavy atom. The Labute approximate surface area is 211 Å². The lowest BCUT2D eigenvalue weighted by atomic mass is 9.92. The van der Waals surface area contributed by atoms with E-state index in [1.54, 1.807) is 0 Å². The highest BCUT2D eigenvalue weighted by Gasteiger charge is 2.28. The van der Waals surface area contributed by atoms with Crippen LogP contribution in [0.5, 0.6) is 5.75 Å². The number of hydrogen-bond donors (Lipinski definition) is 1. The van der Waals surface area contributed by atoms with Gasteiger partial charge >= 0.3 is 6.09 Å². The van der Waals surface area contributed by atoms with E-state index in [2.05, 4.69) is 22.0 Å². The molecule has 0 unspecified atom stereocenters. The molecule has 3 aromatic rings. The molecule has 0 radical (unpaired) electrons. The zero-order valence-electron chi connectivity index (χ0n) is 21.2. The van der Waals surface area contributed by atoms with E-state index in [1.165, 1.54) is 6.42 Å². The molecule has 1 N–H and O–H groups in total. The first-order chi connectivity index (χ1) is 17.4. The number of carbonyl (C=O) groups excluding carboxylic acids is 1. The predicted molar refractivity (Wildman–Crippen MR) is 139 cm³/mol. The van der Waals surface area contributed by atoms with Gasteiger partial charge in [-0.25, -0.2) is 4.79 Å². The molecule has 1 aliphatic heterocycles. The van der Waals surface area contributed by atoms with Gasteiger partial charge in [-0.05, 0) is 75.4 Å². The van der Waals surface area contributed by atoms with Crippen LogP contribution in [-0.2, 0) is 9.47 Å². The third kappa shape index (κ3) is 4.78. The topological polar surface area (TPSA) is 85.5 Å². The Balaban J connectivity index is 1.55. The molecular weight excluding hydrogens is 454 g/mol. The second kappa shape index (κ2) is 10.2. The molecule has 7 heteroatoms. The number of ether oxygens (including phenoxy) is 3. The zero-order valence-corrected chi connectivity index (χ0v) is 21.2. The van der Waals surface area contributed by atoms with Crippen LogP contribution in [0, 0.1) is 18.3 Å². The molecule has 36 heavy (non-hydrogen) atoms. The molecule has 5 rings (SSSR count). The Kier molecular flexibility index (Phi) is 6.88. The summed E-state index contributed by atoms with van der Waals surface area (Å²) >= 11 is 0. The first kappa shape index (κ1) is 24.2. The average molecular weight is 488 g/mol. The summed E-state index contributed by atoms with van der Waals surface area (Å²) in [4.78, 5) is 12.1. The van der Waals surface area contributed by atoms with Gasteiger partial charge in [-0.1, -0.05) is 6.07 Å². The Hall–Kier alpha value is -3.50. The van der Waals surface area contributed by atoms with Crippen molar-refractivity contribution < 1.29 is 19.0 Å². The molecule has 1 aliphatic carbocycles. The summed E-state index contributed by atoms with van der Waals surface area (Å²) in [7, 11) is 0. The van der Waals surface area contributed by atoms with Crippen molar-refractivity contribution in [2.24, 2.45) is 0 Å². The van der Waals surface area contributed by atoms with Gasteiger partial charge in [-0.15, -0.1) is 0 Å². The van der Waals surface area contributed by atoms with E-state index < -0.39 is 6.09 Å². The van der Waals surface area contributed by atoms with Crippen molar-refractivity contribution >= 4 is 22.7 Å². The van der Waals surface area contributed by atoms with Crippen LogP contribution >= 0.6 is 0 Å². The van der Waals surface area contributed by atoms with Crippen LogP contribution in [0.15, 0.2) is 36.4 Å². The van der Waals surface area contributed by atoms with Gasteiger partial charge in [0, 0.05) is 36.0 Å². The minimum absolute atomic E-state index is 0.156. The van der Waals surface area contributed by atoms with Gasteiger partial charge < -0.3 is 18.8 Å². The molecule has 2 aliphatic rings. The van der Waals surface area contributed by atoms with Gasteiger partial charge in [0.05, 0.1) is 36.1 Å². The quantitative estimate of drug-likeness (QED) is 0.417. The lowest BCUT2D eigenvalue weighted by molar-refractivity contribution is 0.0256. The summed E-state index contributed by atoms with van der Waals surface area (Å²) in [5.41, 5.74) is 5.21. The average Bonchev–Trinajstić information content (AvgIpc) is 3.13. The largest absolute Gasteiger partial charge is 0.490 e. The monoisotopic (exact) mass is 487 g/mol. The molecule has 1 aromatic heterocycles. The van der Waals surface area contributed by atoms with Crippen molar-refractivity contribution in [2.45, 2.75) is 71.1 Å². The number of nitrogens with one attached hydrogen (secondary N) is 1. The van der Waals surface area contributed by atoms with Crippen LogP contribution in [0.3, 0.4) is 0 Å². The van der Waals surface area contributed by atoms with E-state index >= 15 is 0 Å². The Morgan fingerprint density at radius 2 is 1.92 bits per heavy atom. The molecule has 188 valence electrons. The number of aromatic nitrogens is 1. The van der Waals surface area contributed by atoms with Gasteiger partial charge in [-0.3, -0.25) is 5.32 Å². The van der Waals surface area contributed by atoms with E-state index in [9.17, 15) is 10.1 Å². The fraction of sp³-hybridized carbons (Fsp3) is 0.448. The highest BCUT2D eigenvalue weighted by atomic mass is 16.6. The summed E-state index contributed by atoms with van der Waals surface area (Å²) in [6.07, 6.45) is 4.63. The van der Waals surface area contributed by atoms with Gasteiger partial charge in [0.2, 0.25) is 0 Å². The number of carbonyl (C=O) groups is 1. The van der Waals surface area contributed by atoms with Crippen molar-refractivity contribution in [3.05, 3.63) is 47.5 Å². The van der Waals surface area contributed by atoms with E-state index in [1.807, 2.05) is 51.1 Å². The number of hydrogen-bond acceptors (Lipinski definition) is 5. The molecule has 1 saturated heterocycles. The number of fused-ring (bicyclic) bond motifs is 1. The third-order valence-electron chi connectivity index (χ3n) is 7.08. The number of aryl methyl sites for hydroxylation is 1. The van der Waals surface area contributed by atoms with Gasteiger partial charge in [0.1, 0.15) is 17.9 Å². The van der Waals surface area contributed by atoms with E-state index in [4.69, 9.17) is 14.2 Å². The predicted octanol–water partition coefficient (Wildman–Crippen LogP) is 6.73. The summed E-state index contributed by atoms with van der Waals surface area (Å²) in [5, 5.41) is 14.0. The van der Waals surface area contributed by atoms with E-state index in [0.29, 0.717) is 17.3 Å². The highest BCUT2D eigenvalue weighted by molar-refractivity contribution is 5.96. The Morgan fingerprint density at radius 1 is 1.14 bits per heavy atom. The zero-order chi connectivity index (χ0) is 25.2. The van der Waals surface area contributed by atoms with Crippen molar-refractivity contribution in [2.75, 3.05) is 18.5 Å². The maximum absolute atomic E-state index is 12.1. The van der Waals surface area contributed by atoms with Crippen molar-refractivity contribution in [3.63, 3.8) is 0 Å². The summed E-state index contributed by atoms with van der Waals surface area (Å²) in [5.74, 6) is 0.836. The number of nitriles is 1. The highest BCUT2D eigenvalue weighted by Crippen LogP contribution is 2.44. The van der Waals surface area contributed by atoms with Crippen LogP contribution in [0.25, 0.3) is 22.2 Å². The third-order valence-corrected chi connectivity index (χ3v) is 7.08. The second-order valence-electron chi connectivity index (χ2n) is 10.0. The number of rotatable bonds is 6. The number of amides is 1. The smallest absolute Gasteiger partial charge is 0.411 e. The minimum atomic E-state index is -0.473. The minimum Gasteiger partial charge on any atom is -0.490 e. The van der Waals surface area contributed by atoms with Crippen molar-refractivity contribution in [3.8, 4) is 23.1 Å². The molecule has 1 saturated carbocycles. The number of nitrogens with zero attached hydrogens (tertiary/aromatic N) is 2. The fourth-order valence-electron chi connectivity index (χ4n) is 5.08. The molecule has 7 nitrogen and oxygen atoms in total. The van der Waals surface area contributed by atoms with Crippen molar-refractivity contribution in [1.82, 2.24) is 4.57 Å². The number of anilines is 1. The van der Waals surface area contributed by atoms with Crippen LogP contribution in [0.1, 0.15) is 63.1 Å². The summed E-state index contributed by atoms with van der Waals surface area (Å²) in [6.45, 7) is 7.05. The summed E-state index contributed by atoms with van der Waals surface area (Å²) < 4.78 is 19.3. The molecule has 0 bridgehead atoms. The van der Waals surface area contributed by atoms with Gasteiger partial charge in [0.25, 0.3) is 0 Å². The van der Waals surface area contributed by atoms with Gasteiger partial charge in [0.15, 0.2) is 0 Å². The number of benzene rings is 2. The Bertz CT molecular complexity index is 1310. The van der Waals surface area contributed by atoms with Crippen LogP contribution in [0.2, 0.25) is 0 Å². The van der Waals surface area contributed by atoms with Crippen LogP contribution in [-0.4, -0.2) is 36.1 Å². The lowest BCUT2D eigenvalue weighted by Gasteiger charge is -2.30. The maximum atomic E-state index is 12.1. The van der Waals surface area contributed by atoms with E-state index in [0.717, 1.165) is 72.4 Å². The first-order valence-corrected chi connectivity index (χ1v) is 12.9. The first-order valence-electron chi connectivity index (χ1n) is 12.9. The maximum Gasteiger partial charge on any atom is 0.411 e. The standard InChI is InChI=1S/C29H33N3O4/c1-18(2)35-29(33)31-26-10-7-20(15-19(26)3)28-25(17-30)24-9-8-23(36-22-11-13-34-14-12-22)16-27(24)32(28)21-5-4-6-21/h7-10,15-16,18,21-22H,4-6,11-14H2,1-3H3,(H,31,33). The normalized spacial score (nSPS) is 16.5.